The van der Waals surface area contributed by atoms with Crippen LogP contribution in [0.4, 0.5) is 5.82 Å². The molecule has 0 radical (unpaired) electrons. The Morgan fingerprint density at radius 2 is 1.80 bits per heavy atom. The third-order valence-corrected chi connectivity index (χ3v) is 4.95. The second-order valence-corrected chi connectivity index (χ2v) is 7.12. The van der Waals surface area contributed by atoms with Crippen LogP contribution in [0.5, 0.6) is 5.75 Å². The van der Waals surface area contributed by atoms with E-state index in [0.29, 0.717) is 6.61 Å². The number of hydrogen-bond acceptors (Lipinski definition) is 5. The number of nitrogens with zero attached hydrogens (tertiary/aromatic N) is 5. The molecule has 4 rings (SSSR count). The first-order valence-electron chi connectivity index (χ1n) is 10.0. The summed E-state index contributed by atoms with van der Waals surface area (Å²) < 4.78 is 7.76. The maximum absolute atomic E-state index is 5.87. The number of aryl methyl sites for hydroxylation is 1. The summed E-state index contributed by atoms with van der Waals surface area (Å²) in [6, 6.07) is 20.1. The zero-order valence-corrected chi connectivity index (χ0v) is 17.5. The smallest absolute Gasteiger partial charge is 0.151 e. The first-order valence-corrected chi connectivity index (χ1v) is 10.0. The molecule has 0 N–H and O–H groups in total. The maximum Gasteiger partial charge on any atom is 0.151 e. The Morgan fingerprint density at radius 3 is 2.47 bits per heavy atom. The van der Waals surface area contributed by atoms with E-state index in [-0.39, 0.29) is 0 Å². The summed E-state index contributed by atoms with van der Waals surface area (Å²) in [4.78, 5) is 11.2. The van der Waals surface area contributed by atoms with E-state index in [9.17, 15) is 0 Å². The molecule has 0 aliphatic rings. The molecular weight excluding hydrogens is 374 g/mol. The lowest BCUT2D eigenvalue weighted by Gasteiger charge is -2.12. The van der Waals surface area contributed by atoms with Gasteiger partial charge in [-0.2, -0.15) is 0 Å². The predicted molar refractivity (Wildman–Crippen MR) is 119 cm³/mol. The molecular formula is C24H25N5O. The molecule has 3 heterocycles. The van der Waals surface area contributed by atoms with Crippen LogP contribution in [-0.2, 0) is 6.61 Å². The van der Waals surface area contributed by atoms with Crippen molar-refractivity contribution < 1.29 is 4.74 Å². The van der Waals surface area contributed by atoms with Crippen molar-refractivity contribution in [2.45, 2.75) is 20.5 Å². The first-order chi connectivity index (χ1) is 14.6. The molecule has 3 aromatic heterocycles. The number of rotatable bonds is 7. The van der Waals surface area contributed by atoms with Crippen LogP contribution in [0.1, 0.15) is 18.2 Å². The molecule has 0 bridgehead atoms. The summed E-state index contributed by atoms with van der Waals surface area (Å²) in [5, 5.41) is 4.79. The highest BCUT2D eigenvalue weighted by atomic mass is 16.5. The van der Waals surface area contributed by atoms with Crippen LogP contribution in [0.2, 0.25) is 0 Å². The van der Waals surface area contributed by atoms with E-state index in [1.54, 1.807) is 6.20 Å². The Labute approximate surface area is 176 Å². The lowest BCUT2D eigenvalue weighted by molar-refractivity contribution is 0.305. The molecule has 6 heteroatoms. The van der Waals surface area contributed by atoms with Crippen molar-refractivity contribution in [3.63, 3.8) is 0 Å². The quantitative estimate of drug-likeness (QED) is 0.452. The predicted octanol–water partition coefficient (Wildman–Crippen LogP) is 4.67. The number of pyridine rings is 2. The monoisotopic (exact) mass is 399 g/mol. The summed E-state index contributed by atoms with van der Waals surface area (Å²) in [5.74, 6) is 1.62. The molecule has 0 saturated heterocycles. The number of aromatic nitrogens is 4. The molecule has 0 saturated carbocycles. The largest absolute Gasteiger partial charge is 0.487 e. The third-order valence-electron chi connectivity index (χ3n) is 4.95. The molecule has 152 valence electrons. The van der Waals surface area contributed by atoms with Crippen molar-refractivity contribution in [1.82, 2.24) is 19.7 Å². The van der Waals surface area contributed by atoms with Crippen LogP contribution in [0.15, 0.2) is 73.1 Å². The fraction of sp³-hybridized carbons (Fsp3) is 0.208. The standard InChI is InChI=1S/C24H25N5O/c1-4-28(3)24-14-23(29(27-24)20-11-10-18(2)25-15-20)22-13-12-21(16-26-22)30-17-19-8-6-5-7-9-19/h5-16H,4,17H2,1-3H3. The molecule has 0 aliphatic carbocycles. The highest BCUT2D eigenvalue weighted by Crippen LogP contribution is 2.27. The second-order valence-electron chi connectivity index (χ2n) is 7.12. The zero-order chi connectivity index (χ0) is 20.9. The van der Waals surface area contributed by atoms with Crippen LogP contribution in [0, 0.1) is 6.92 Å². The van der Waals surface area contributed by atoms with E-state index in [4.69, 9.17) is 9.84 Å². The van der Waals surface area contributed by atoms with Crippen molar-refractivity contribution in [3.8, 4) is 22.8 Å². The summed E-state index contributed by atoms with van der Waals surface area (Å²) in [7, 11) is 2.03. The highest BCUT2D eigenvalue weighted by Gasteiger charge is 2.15. The normalized spacial score (nSPS) is 10.8. The molecule has 30 heavy (non-hydrogen) atoms. The fourth-order valence-electron chi connectivity index (χ4n) is 3.04. The van der Waals surface area contributed by atoms with E-state index < -0.39 is 0 Å². The lowest BCUT2D eigenvalue weighted by atomic mass is 10.2. The average molecular weight is 399 g/mol. The minimum Gasteiger partial charge on any atom is -0.487 e. The van der Waals surface area contributed by atoms with Gasteiger partial charge in [-0.3, -0.25) is 9.97 Å². The summed E-state index contributed by atoms with van der Waals surface area (Å²) in [6.45, 7) is 5.45. The van der Waals surface area contributed by atoms with Gasteiger partial charge in [0.1, 0.15) is 12.4 Å². The minimum atomic E-state index is 0.514. The third kappa shape index (κ3) is 4.33. The molecule has 4 aromatic rings. The van der Waals surface area contributed by atoms with E-state index >= 15 is 0 Å². The zero-order valence-electron chi connectivity index (χ0n) is 17.5. The molecule has 0 spiro atoms. The van der Waals surface area contributed by atoms with Crippen molar-refractivity contribution in [1.29, 1.82) is 0 Å². The van der Waals surface area contributed by atoms with E-state index in [1.807, 2.05) is 79.4 Å². The summed E-state index contributed by atoms with van der Waals surface area (Å²) >= 11 is 0. The van der Waals surface area contributed by atoms with Crippen LogP contribution in [-0.4, -0.2) is 33.3 Å². The second kappa shape index (κ2) is 8.78. The number of hydrogen-bond donors (Lipinski definition) is 0. The Bertz CT molecular complexity index is 1090. The van der Waals surface area contributed by atoms with Crippen LogP contribution < -0.4 is 9.64 Å². The highest BCUT2D eigenvalue weighted by molar-refractivity contribution is 5.63. The van der Waals surface area contributed by atoms with Crippen molar-refractivity contribution in [2.24, 2.45) is 0 Å². The Kier molecular flexibility index (Phi) is 5.75. The van der Waals surface area contributed by atoms with Gasteiger partial charge < -0.3 is 9.64 Å². The van der Waals surface area contributed by atoms with Crippen LogP contribution in [0.25, 0.3) is 17.1 Å². The van der Waals surface area contributed by atoms with Gasteiger partial charge in [0.25, 0.3) is 0 Å². The molecule has 0 aliphatic heterocycles. The van der Waals surface area contributed by atoms with Gasteiger partial charge in [0.15, 0.2) is 5.82 Å². The van der Waals surface area contributed by atoms with Gasteiger partial charge in [-0.05, 0) is 43.7 Å². The first kappa shape index (κ1) is 19.6. The lowest BCUT2D eigenvalue weighted by Crippen LogP contribution is -2.16. The van der Waals surface area contributed by atoms with Gasteiger partial charge in [0, 0.05) is 25.4 Å². The van der Waals surface area contributed by atoms with Gasteiger partial charge in [-0.25, -0.2) is 4.68 Å². The Morgan fingerprint density at radius 1 is 0.967 bits per heavy atom. The SMILES string of the molecule is CCN(C)c1cc(-c2ccc(OCc3ccccc3)cn2)n(-c2ccc(C)nc2)n1. The van der Waals surface area contributed by atoms with Crippen LogP contribution in [0.3, 0.4) is 0 Å². The van der Waals surface area contributed by atoms with E-state index in [1.165, 1.54) is 0 Å². The summed E-state index contributed by atoms with van der Waals surface area (Å²) in [5.41, 5.74) is 4.73. The van der Waals surface area contributed by atoms with Gasteiger partial charge in [-0.1, -0.05) is 30.3 Å². The van der Waals surface area contributed by atoms with Crippen LogP contribution >= 0.6 is 0 Å². The fourth-order valence-corrected chi connectivity index (χ4v) is 3.04. The average Bonchev–Trinajstić information content (AvgIpc) is 3.24. The molecule has 0 amide bonds. The number of ether oxygens (including phenoxy) is 1. The van der Waals surface area contributed by atoms with Gasteiger partial charge in [0.2, 0.25) is 0 Å². The number of benzene rings is 1. The van der Waals surface area contributed by atoms with Gasteiger partial charge in [-0.15, -0.1) is 5.10 Å². The van der Waals surface area contributed by atoms with Crippen molar-refractivity contribution in [3.05, 3.63) is 84.3 Å². The molecule has 6 nitrogen and oxygen atoms in total. The van der Waals surface area contributed by atoms with Crippen molar-refractivity contribution in [2.75, 3.05) is 18.5 Å². The van der Waals surface area contributed by atoms with E-state index in [2.05, 4.69) is 27.9 Å². The molecule has 0 atom stereocenters. The summed E-state index contributed by atoms with van der Waals surface area (Å²) in [6.07, 6.45) is 3.59. The minimum absolute atomic E-state index is 0.514. The number of anilines is 1. The van der Waals surface area contributed by atoms with Gasteiger partial charge in [0.05, 0.1) is 29.5 Å². The molecule has 0 fully saturated rings. The van der Waals surface area contributed by atoms with Crippen molar-refractivity contribution >= 4 is 5.82 Å². The topological polar surface area (TPSA) is 56.1 Å². The molecule has 1 aromatic carbocycles. The van der Waals surface area contributed by atoms with E-state index in [0.717, 1.165) is 46.4 Å². The Balaban J connectivity index is 1.62. The molecule has 0 unspecified atom stereocenters. The Hall–Kier alpha value is -3.67. The van der Waals surface area contributed by atoms with Gasteiger partial charge >= 0.3 is 0 Å². The maximum atomic E-state index is 5.87.